The highest BCUT2D eigenvalue weighted by molar-refractivity contribution is 5.96. The van der Waals surface area contributed by atoms with Crippen molar-refractivity contribution in [2.45, 2.75) is 25.9 Å². The van der Waals surface area contributed by atoms with Gasteiger partial charge in [-0.05, 0) is 61.2 Å². The van der Waals surface area contributed by atoms with Crippen LogP contribution in [0, 0.1) is 18.2 Å². The predicted octanol–water partition coefficient (Wildman–Crippen LogP) is 2.36. The summed E-state index contributed by atoms with van der Waals surface area (Å²) < 4.78 is 13.6. The second-order valence-electron chi connectivity index (χ2n) is 7.30. The van der Waals surface area contributed by atoms with Gasteiger partial charge in [0.15, 0.2) is 0 Å². The number of rotatable bonds is 4. The number of carbonyl (C=O) groups is 2. The summed E-state index contributed by atoms with van der Waals surface area (Å²) in [5.41, 5.74) is -0.259. The molecule has 1 amide bonds. The summed E-state index contributed by atoms with van der Waals surface area (Å²) in [5, 5.41) is 30.0. The zero-order valence-corrected chi connectivity index (χ0v) is 15.4. The lowest BCUT2D eigenvalue weighted by Crippen LogP contribution is -2.58. The van der Waals surface area contributed by atoms with E-state index in [4.69, 9.17) is 0 Å². The molecule has 1 fully saturated rings. The molecule has 28 heavy (non-hydrogen) atoms. The normalized spacial score (nSPS) is 22.1. The molecular weight excluding hydrogens is 365 g/mol. The van der Waals surface area contributed by atoms with Gasteiger partial charge < -0.3 is 20.2 Å². The van der Waals surface area contributed by atoms with Crippen LogP contribution in [0.4, 0.5) is 4.39 Å². The standard InChI is InChI=1S/C21H22FNO5/c1-13-9-16(24)5-6-17(13)19(26)23-8-7-18(25)21(12-23,20(27)28)11-14-3-2-4-15(22)10-14/h2-6,9-10,18,24-25H,7-8,11-12H2,1H3,(H,27,28)/t18-,21+/m0/s1. The van der Waals surface area contributed by atoms with Crippen molar-refractivity contribution in [3.8, 4) is 5.75 Å². The highest BCUT2D eigenvalue weighted by Crippen LogP contribution is 2.35. The molecule has 1 heterocycles. The van der Waals surface area contributed by atoms with Crippen LogP contribution in [0.15, 0.2) is 42.5 Å². The van der Waals surface area contributed by atoms with Crippen LogP contribution < -0.4 is 0 Å². The van der Waals surface area contributed by atoms with E-state index >= 15 is 0 Å². The third-order valence-electron chi connectivity index (χ3n) is 5.35. The molecule has 0 radical (unpaired) electrons. The second-order valence-corrected chi connectivity index (χ2v) is 7.30. The molecule has 0 bridgehead atoms. The van der Waals surface area contributed by atoms with Crippen molar-refractivity contribution in [2.24, 2.45) is 5.41 Å². The van der Waals surface area contributed by atoms with Gasteiger partial charge in [0.25, 0.3) is 5.91 Å². The molecule has 7 heteroatoms. The molecule has 1 saturated heterocycles. The van der Waals surface area contributed by atoms with Crippen LogP contribution >= 0.6 is 0 Å². The van der Waals surface area contributed by atoms with E-state index in [1.165, 1.54) is 41.3 Å². The van der Waals surface area contributed by atoms with E-state index in [1.54, 1.807) is 13.0 Å². The number of aliphatic hydroxyl groups is 1. The first-order valence-electron chi connectivity index (χ1n) is 8.98. The van der Waals surface area contributed by atoms with E-state index in [2.05, 4.69) is 0 Å². The summed E-state index contributed by atoms with van der Waals surface area (Å²) in [5.74, 6) is -2.05. The maximum atomic E-state index is 13.6. The molecule has 0 aliphatic carbocycles. The number of aryl methyl sites for hydroxylation is 1. The van der Waals surface area contributed by atoms with Gasteiger partial charge in [-0.1, -0.05) is 12.1 Å². The fraction of sp³-hybridized carbons (Fsp3) is 0.333. The topological polar surface area (TPSA) is 98.1 Å². The average Bonchev–Trinajstić information content (AvgIpc) is 2.63. The number of carboxylic acid groups (broad SMARTS) is 1. The smallest absolute Gasteiger partial charge is 0.314 e. The molecule has 0 spiro atoms. The number of phenols is 1. The summed E-state index contributed by atoms with van der Waals surface area (Å²) >= 11 is 0. The molecule has 148 valence electrons. The molecular formula is C21H22FNO5. The van der Waals surface area contributed by atoms with Crippen molar-refractivity contribution in [3.05, 3.63) is 65.0 Å². The number of likely N-dealkylation sites (tertiary alicyclic amines) is 1. The second kappa shape index (κ2) is 7.59. The minimum atomic E-state index is -1.63. The summed E-state index contributed by atoms with van der Waals surface area (Å²) in [6.45, 7) is 1.70. The maximum absolute atomic E-state index is 13.6. The number of halogens is 1. The lowest BCUT2D eigenvalue weighted by Gasteiger charge is -2.43. The third kappa shape index (κ3) is 3.71. The zero-order chi connectivity index (χ0) is 20.5. The first-order chi connectivity index (χ1) is 13.2. The summed E-state index contributed by atoms with van der Waals surface area (Å²) in [7, 11) is 0. The molecule has 6 nitrogen and oxygen atoms in total. The number of piperidine rings is 1. The lowest BCUT2D eigenvalue weighted by atomic mass is 9.72. The van der Waals surface area contributed by atoms with E-state index in [0.29, 0.717) is 16.7 Å². The lowest BCUT2D eigenvalue weighted by molar-refractivity contribution is -0.161. The number of benzene rings is 2. The first-order valence-corrected chi connectivity index (χ1v) is 8.98. The van der Waals surface area contributed by atoms with Gasteiger partial charge in [0, 0.05) is 18.7 Å². The Morgan fingerprint density at radius 3 is 2.64 bits per heavy atom. The average molecular weight is 387 g/mol. The van der Waals surface area contributed by atoms with E-state index in [-0.39, 0.29) is 37.6 Å². The van der Waals surface area contributed by atoms with Gasteiger partial charge in [-0.2, -0.15) is 0 Å². The molecule has 0 unspecified atom stereocenters. The summed E-state index contributed by atoms with van der Waals surface area (Å²) in [4.78, 5) is 26.5. The molecule has 3 rings (SSSR count). The van der Waals surface area contributed by atoms with Gasteiger partial charge in [-0.3, -0.25) is 9.59 Å². The Hall–Kier alpha value is -2.93. The Morgan fingerprint density at radius 2 is 2.00 bits per heavy atom. The minimum absolute atomic E-state index is 0.0362. The van der Waals surface area contributed by atoms with E-state index in [0.717, 1.165) is 0 Å². The van der Waals surface area contributed by atoms with Gasteiger partial charge in [0.1, 0.15) is 17.0 Å². The number of nitrogens with zero attached hydrogens (tertiary/aromatic N) is 1. The zero-order valence-electron chi connectivity index (χ0n) is 15.4. The van der Waals surface area contributed by atoms with Gasteiger partial charge in [0.2, 0.25) is 0 Å². The SMILES string of the molecule is Cc1cc(O)ccc1C(=O)N1CC[C@H](O)[C@](Cc2cccc(F)c2)(C(=O)O)C1. The van der Waals surface area contributed by atoms with Crippen molar-refractivity contribution in [2.75, 3.05) is 13.1 Å². The van der Waals surface area contributed by atoms with Crippen LogP contribution in [0.3, 0.4) is 0 Å². The fourth-order valence-corrected chi connectivity index (χ4v) is 3.78. The Kier molecular flexibility index (Phi) is 5.38. The van der Waals surface area contributed by atoms with Gasteiger partial charge >= 0.3 is 5.97 Å². The van der Waals surface area contributed by atoms with E-state index in [1.807, 2.05) is 0 Å². The number of amides is 1. The van der Waals surface area contributed by atoms with Crippen LogP contribution in [0.1, 0.15) is 27.9 Å². The quantitative estimate of drug-likeness (QED) is 0.748. The van der Waals surface area contributed by atoms with Crippen LogP contribution in [-0.2, 0) is 11.2 Å². The largest absolute Gasteiger partial charge is 0.508 e. The molecule has 0 saturated carbocycles. The number of aromatic hydroxyl groups is 1. The maximum Gasteiger partial charge on any atom is 0.314 e. The van der Waals surface area contributed by atoms with E-state index in [9.17, 15) is 29.3 Å². The molecule has 2 atom stereocenters. The number of hydrogen-bond acceptors (Lipinski definition) is 4. The van der Waals surface area contributed by atoms with Crippen molar-refractivity contribution < 1.29 is 29.3 Å². The Morgan fingerprint density at radius 1 is 1.25 bits per heavy atom. The number of phenolic OH excluding ortho intramolecular Hbond substituents is 1. The number of hydrogen-bond donors (Lipinski definition) is 3. The van der Waals surface area contributed by atoms with Gasteiger partial charge in [-0.25, -0.2) is 4.39 Å². The molecule has 2 aromatic carbocycles. The highest BCUT2D eigenvalue weighted by Gasteiger charge is 2.50. The van der Waals surface area contributed by atoms with Crippen molar-refractivity contribution in [1.29, 1.82) is 0 Å². The molecule has 2 aromatic rings. The van der Waals surface area contributed by atoms with E-state index < -0.39 is 23.3 Å². The fourth-order valence-electron chi connectivity index (χ4n) is 3.78. The molecule has 1 aliphatic heterocycles. The Labute approximate surface area is 161 Å². The Bertz CT molecular complexity index is 915. The summed E-state index contributed by atoms with van der Waals surface area (Å²) in [6, 6.07) is 9.94. The minimum Gasteiger partial charge on any atom is -0.508 e. The molecule has 1 aliphatic rings. The summed E-state index contributed by atoms with van der Waals surface area (Å²) in [6.07, 6.45) is -1.16. The van der Waals surface area contributed by atoms with Crippen LogP contribution in [0.25, 0.3) is 0 Å². The van der Waals surface area contributed by atoms with Crippen LogP contribution in [-0.4, -0.2) is 51.3 Å². The highest BCUT2D eigenvalue weighted by atomic mass is 19.1. The van der Waals surface area contributed by atoms with Crippen LogP contribution in [0.2, 0.25) is 0 Å². The number of carbonyl (C=O) groups excluding carboxylic acids is 1. The number of aliphatic hydroxyl groups excluding tert-OH is 1. The van der Waals surface area contributed by atoms with Crippen molar-refractivity contribution >= 4 is 11.9 Å². The molecule has 3 N–H and O–H groups in total. The third-order valence-corrected chi connectivity index (χ3v) is 5.35. The van der Waals surface area contributed by atoms with Crippen LogP contribution in [0.5, 0.6) is 5.75 Å². The predicted molar refractivity (Wildman–Crippen MR) is 99.5 cm³/mol. The molecule has 0 aromatic heterocycles. The first kappa shape index (κ1) is 19.8. The number of aliphatic carboxylic acids is 1. The van der Waals surface area contributed by atoms with Crippen molar-refractivity contribution in [1.82, 2.24) is 4.90 Å². The Balaban J connectivity index is 1.92. The monoisotopic (exact) mass is 387 g/mol. The number of carboxylic acids is 1. The van der Waals surface area contributed by atoms with Crippen molar-refractivity contribution in [3.63, 3.8) is 0 Å². The van der Waals surface area contributed by atoms with Gasteiger partial charge in [-0.15, -0.1) is 0 Å². The van der Waals surface area contributed by atoms with Gasteiger partial charge in [0.05, 0.1) is 6.10 Å².